The Hall–Kier alpha value is -7.24. The maximum absolute atomic E-state index is 17.0. The first-order chi connectivity index (χ1) is 39.2. The summed E-state index contributed by atoms with van der Waals surface area (Å²) in [5, 5.41) is 5.61. The number of alkyl carbamates (subject to hydrolysis) is 2. The molecule has 1 unspecified atom stereocenters. The molecule has 6 fully saturated rings. The third-order valence-corrected chi connectivity index (χ3v) is 19.2. The van der Waals surface area contributed by atoms with E-state index in [1.54, 1.807) is 0 Å². The van der Waals surface area contributed by atoms with Gasteiger partial charge in [0.25, 0.3) is 0 Å². The van der Waals surface area contributed by atoms with Crippen molar-refractivity contribution >= 4 is 57.4 Å². The number of carbonyl (C=O) groups is 4. The number of anilines is 2. The van der Waals surface area contributed by atoms with Gasteiger partial charge in [0.2, 0.25) is 11.8 Å². The summed E-state index contributed by atoms with van der Waals surface area (Å²) in [4.78, 5) is 79.7. The second kappa shape index (κ2) is 22.3. The first-order valence-corrected chi connectivity index (χ1v) is 29.6. The molecular weight excluding hydrogens is 1030 g/mol. The largest absolute Gasteiger partial charge is 0.453 e. The lowest BCUT2D eigenvalue weighted by molar-refractivity contribution is -0.138. The van der Waals surface area contributed by atoms with Gasteiger partial charge >= 0.3 is 12.2 Å². The van der Waals surface area contributed by atoms with Crippen LogP contribution >= 0.6 is 0 Å². The minimum atomic E-state index is -0.767. The van der Waals surface area contributed by atoms with Crippen LogP contribution in [-0.4, -0.2) is 105 Å². The molecule has 16 nitrogen and oxygen atoms in total. The molecule has 0 spiro atoms. The van der Waals surface area contributed by atoms with E-state index in [4.69, 9.17) is 19.4 Å². The predicted octanol–water partition coefficient (Wildman–Crippen LogP) is 11.8. The van der Waals surface area contributed by atoms with Crippen molar-refractivity contribution in [2.24, 2.45) is 23.7 Å². The minimum Gasteiger partial charge on any atom is -0.453 e. The second-order valence-electron chi connectivity index (χ2n) is 24.5. The minimum absolute atomic E-state index is 0.00208. The molecule has 2 aromatic heterocycles. The van der Waals surface area contributed by atoms with Gasteiger partial charge in [-0.1, -0.05) is 83.0 Å². The van der Waals surface area contributed by atoms with E-state index in [0.29, 0.717) is 61.0 Å². The van der Waals surface area contributed by atoms with Gasteiger partial charge in [-0.15, -0.1) is 0 Å². The van der Waals surface area contributed by atoms with Gasteiger partial charge < -0.3 is 49.7 Å². The Bertz CT molecular complexity index is 3140. The number of likely N-dealkylation sites (tertiary alicyclic amines) is 2. The zero-order chi connectivity index (χ0) is 56.4. The van der Waals surface area contributed by atoms with Crippen LogP contribution < -0.4 is 20.4 Å². The smallest absolute Gasteiger partial charge is 0.407 e. The third kappa shape index (κ3) is 10.1. The van der Waals surface area contributed by atoms with E-state index in [9.17, 15) is 19.2 Å². The maximum Gasteiger partial charge on any atom is 0.407 e. The van der Waals surface area contributed by atoms with Crippen LogP contribution in [0.2, 0.25) is 0 Å². The first kappa shape index (κ1) is 54.4. The molecule has 10 atom stereocenters. The van der Waals surface area contributed by atoms with Gasteiger partial charge in [0.1, 0.15) is 29.4 Å². The van der Waals surface area contributed by atoms with Crippen LogP contribution in [-0.2, 0) is 19.1 Å². The average molecular weight is 1110 g/mol. The summed E-state index contributed by atoms with van der Waals surface area (Å²) in [6, 6.07) is 23.0. The fourth-order valence-electron chi connectivity index (χ4n) is 15.2. The molecule has 4 aliphatic heterocycles. The van der Waals surface area contributed by atoms with Gasteiger partial charge in [-0.3, -0.25) is 9.59 Å². The van der Waals surface area contributed by atoms with Crippen LogP contribution in [0, 0.1) is 35.3 Å². The molecule has 81 heavy (non-hydrogen) atoms. The predicted molar refractivity (Wildman–Crippen MR) is 305 cm³/mol. The van der Waals surface area contributed by atoms with E-state index in [2.05, 4.69) is 61.9 Å². The highest BCUT2D eigenvalue weighted by Gasteiger charge is 2.51. The molecule has 0 bridgehead atoms. The quantitative estimate of drug-likeness (QED) is 0.0869. The van der Waals surface area contributed by atoms with Gasteiger partial charge in [-0.05, 0) is 147 Å². The Labute approximate surface area is 472 Å². The number of aromatic amines is 2. The molecule has 2 saturated carbocycles. The Morgan fingerprint density at radius 1 is 0.580 bits per heavy atom. The van der Waals surface area contributed by atoms with E-state index < -0.39 is 35.9 Å². The van der Waals surface area contributed by atoms with Crippen molar-refractivity contribution in [1.82, 2.24) is 40.4 Å². The van der Waals surface area contributed by atoms with Crippen LogP contribution in [0.3, 0.4) is 0 Å². The van der Waals surface area contributed by atoms with Crippen molar-refractivity contribution in [3.63, 3.8) is 0 Å². The molecule has 12 rings (SSSR count). The Kier molecular flexibility index (Phi) is 14.9. The zero-order valence-corrected chi connectivity index (χ0v) is 47.3. The number of halogens is 2. The number of hydrogen-bond donors (Lipinski definition) is 4. The number of aromatic nitrogens is 4. The highest BCUT2D eigenvalue weighted by molar-refractivity contribution is 5.88. The average Bonchev–Trinajstić information content (AvgIpc) is 4.45. The van der Waals surface area contributed by atoms with Crippen LogP contribution in [0.1, 0.15) is 163 Å². The molecule has 6 heterocycles. The van der Waals surface area contributed by atoms with Crippen molar-refractivity contribution in [3.05, 3.63) is 119 Å². The van der Waals surface area contributed by atoms with E-state index >= 15 is 8.78 Å². The van der Waals surface area contributed by atoms with Gasteiger partial charge in [0, 0.05) is 30.9 Å². The highest BCUT2D eigenvalue weighted by atomic mass is 19.1. The third-order valence-electron chi connectivity index (χ3n) is 19.2. The molecule has 6 aliphatic rings. The summed E-state index contributed by atoms with van der Waals surface area (Å²) < 4.78 is 43.9. The zero-order valence-electron chi connectivity index (χ0n) is 47.3. The number of methoxy groups -OCH3 is 2. The highest BCUT2D eigenvalue weighted by Crippen LogP contribution is 2.52. The number of nitrogens with one attached hydrogen (secondary N) is 4. The number of imidazole rings is 2. The molecule has 18 heteroatoms. The Balaban J connectivity index is 0.877. The monoisotopic (exact) mass is 1110 g/mol. The van der Waals surface area contributed by atoms with Gasteiger partial charge in [-0.2, -0.15) is 0 Å². The van der Waals surface area contributed by atoms with E-state index in [-0.39, 0.29) is 65.6 Å². The number of rotatable bonds is 13. The lowest BCUT2D eigenvalue weighted by Crippen LogP contribution is -2.53. The lowest BCUT2D eigenvalue weighted by Gasteiger charge is -2.36. The first-order valence-electron chi connectivity index (χ1n) is 29.6. The van der Waals surface area contributed by atoms with E-state index in [0.717, 1.165) is 97.4 Å². The van der Waals surface area contributed by atoms with Crippen molar-refractivity contribution < 1.29 is 37.4 Å². The van der Waals surface area contributed by atoms with Crippen molar-refractivity contribution in [2.75, 3.05) is 37.1 Å². The number of piperidine rings is 1. The molecule has 4 N–H and O–H groups in total. The van der Waals surface area contributed by atoms with Crippen LogP contribution in [0.4, 0.5) is 29.7 Å². The SMILES string of the molecule is COC(=O)NC(C(=O)N1[C@H](c2nc3cc([C@H]4CC[C@H](c5ccc6[nH]c([C@@H]7C[C@@H]8CCC[C@@H]8N7C(=O)[C@@H](NC(=O)OC)C(C)C)nc6c5)N4c4cc(F)c(N5CCC(c6ccccc6)CC5)c(F)c4)ccc3[nH]2)C[C@@H]2CCC[C@@H]21)C(C)C. The second-order valence-corrected chi connectivity index (χ2v) is 24.5. The summed E-state index contributed by atoms with van der Waals surface area (Å²) in [5.74, 6) is 0.507. The number of hydrogen-bond acceptors (Lipinski definition) is 10. The van der Waals surface area contributed by atoms with Crippen molar-refractivity contribution in [2.45, 2.75) is 159 Å². The summed E-state index contributed by atoms with van der Waals surface area (Å²) in [6.45, 7) is 8.75. The number of amides is 4. The molecule has 428 valence electrons. The normalized spacial score (nSPS) is 25.5. The molecule has 4 aromatic carbocycles. The molecule has 4 amide bonds. The molecule has 2 aliphatic carbocycles. The number of fused-ring (bicyclic) bond motifs is 4. The standard InChI is InChI=1S/C63H76F2N10O6/c1-34(2)55(70-62(78)80-5)60(76)74-49-16-10-14-38(49)30-53(74)58-66-45-20-18-40(28-47(45)68-58)51-22-23-52(73(51)42-32-43(64)57(44(65)33-42)72-26-24-37(25-27-72)36-12-8-7-9-13-36)41-19-21-46-48(29-41)69-59(67-46)54-31-39-15-11-17-50(39)75(54)61(77)56(35(3)4)71-63(79)81-6/h7-9,12-13,18-21,28-29,32-35,37-39,49-56H,10-11,14-17,22-27,30-31H2,1-6H3,(H,66,68)(H,67,69)(H,70,78)(H,71,79)/t38-,39-,49-,50-,51+,52+,53-,54-,55-,56?/m0/s1. The Morgan fingerprint density at radius 2 is 1.05 bits per heavy atom. The van der Waals surface area contributed by atoms with Gasteiger partial charge in [0.05, 0.1) is 60.5 Å². The lowest BCUT2D eigenvalue weighted by atomic mass is 9.89. The molecule has 6 aromatic rings. The number of carbonyl (C=O) groups excluding carboxylic acids is 4. The maximum atomic E-state index is 17.0. The summed E-state index contributed by atoms with van der Waals surface area (Å²) in [7, 11) is 2.60. The van der Waals surface area contributed by atoms with E-state index in [1.807, 2.05) is 72.7 Å². The molecular formula is C63H76F2N10O6. The summed E-state index contributed by atoms with van der Waals surface area (Å²) in [6.07, 6.45) is 9.03. The van der Waals surface area contributed by atoms with Crippen LogP contribution in [0.15, 0.2) is 78.9 Å². The fourth-order valence-corrected chi connectivity index (χ4v) is 15.2. The van der Waals surface area contributed by atoms with Crippen LogP contribution in [0.25, 0.3) is 22.1 Å². The van der Waals surface area contributed by atoms with Crippen molar-refractivity contribution in [1.29, 1.82) is 0 Å². The molecule has 0 radical (unpaired) electrons. The topological polar surface area (TPSA) is 181 Å². The number of nitrogens with zero attached hydrogens (tertiary/aromatic N) is 6. The van der Waals surface area contributed by atoms with Crippen molar-refractivity contribution in [3.8, 4) is 0 Å². The fraction of sp³-hybridized carbons (Fsp3) is 0.524. The summed E-state index contributed by atoms with van der Waals surface area (Å²) in [5.41, 5.74) is 6.65. The number of H-pyrrole nitrogens is 2. The number of benzene rings is 4. The summed E-state index contributed by atoms with van der Waals surface area (Å²) >= 11 is 0. The Morgan fingerprint density at radius 3 is 1.49 bits per heavy atom. The molecule has 4 saturated heterocycles. The van der Waals surface area contributed by atoms with Gasteiger partial charge in [0.15, 0.2) is 11.6 Å². The number of ether oxygens (including phenoxy) is 2. The van der Waals surface area contributed by atoms with Gasteiger partial charge in [-0.25, -0.2) is 28.3 Å². The van der Waals surface area contributed by atoms with E-state index in [1.165, 1.54) is 31.9 Å². The van der Waals surface area contributed by atoms with Crippen LogP contribution in [0.5, 0.6) is 0 Å².